The van der Waals surface area contributed by atoms with E-state index in [1.54, 1.807) is 6.92 Å². The molecular formula is C19H23N3O3. The summed E-state index contributed by atoms with van der Waals surface area (Å²) in [4.78, 5) is 24.5. The third kappa shape index (κ3) is 3.57. The van der Waals surface area contributed by atoms with Gasteiger partial charge in [-0.2, -0.15) is 5.10 Å². The van der Waals surface area contributed by atoms with Gasteiger partial charge in [-0.05, 0) is 44.7 Å². The number of nitrogens with zero attached hydrogens (tertiary/aromatic N) is 2. The second-order valence-electron chi connectivity index (χ2n) is 6.21. The van der Waals surface area contributed by atoms with Crippen LogP contribution in [0.1, 0.15) is 48.4 Å². The van der Waals surface area contributed by atoms with Crippen LogP contribution >= 0.6 is 0 Å². The van der Waals surface area contributed by atoms with Crippen molar-refractivity contribution in [2.45, 2.75) is 45.6 Å². The number of amides is 1. The number of ether oxygens (including phenoxy) is 1. The predicted octanol–water partition coefficient (Wildman–Crippen LogP) is 2.43. The van der Waals surface area contributed by atoms with Crippen LogP contribution < -0.4 is 5.32 Å². The van der Waals surface area contributed by atoms with E-state index in [1.807, 2.05) is 41.9 Å². The fourth-order valence-electron chi connectivity index (χ4n) is 3.05. The lowest BCUT2D eigenvalue weighted by molar-refractivity contribution is -0.129. The van der Waals surface area contributed by atoms with Crippen molar-refractivity contribution in [1.29, 1.82) is 0 Å². The van der Waals surface area contributed by atoms with Gasteiger partial charge >= 0.3 is 5.97 Å². The van der Waals surface area contributed by atoms with E-state index in [-0.39, 0.29) is 5.91 Å². The number of nitrogens with one attached hydrogen (secondary N) is 1. The minimum absolute atomic E-state index is 0.283. The van der Waals surface area contributed by atoms with Crippen molar-refractivity contribution >= 4 is 11.9 Å². The molecule has 1 aromatic carbocycles. The lowest BCUT2D eigenvalue weighted by Crippen LogP contribution is -2.36. The molecule has 1 N–H and O–H groups in total. The number of fused-ring (bicyclic) bond motifs is 1. The molecule has 1 aliphatic rings. The lowest BCUT2D eigenvalue weighted by atomic mass is 10.2. The fraction of sp³-hybridized carbons (Fsp3) is 0.421. The minimum atomic E-state index is -0.835. The zero-order valence-corrected chi connectivity index (χ0v) is 14.6. The van der Waals surface area contributed by atoms with Crippen molar-refractivity contribution in [3.63, 3.8) is 0 Å². The number of esters is 1. The van der Waals surface area contributed by atoms with Gasteiger partial charge in [-0.25, -0.2) is 9.48 Å². The summed E-state index contributed by atoms with van der Waals surface area (Å²) in [6, 6.07) is 9.75. The molecule has 0 saturated heterocycles. The highest BCUT2D eigenvalue weighted by atomic mass is 16.5. The molecule has 6 heteroatoms. The Hall–Kier alpha value is -2.63. The maximum atomic E-state index is 12.6. The molecule has 1 amide bonds. The molecule has 1 aromatic heterocycles. The zero-order chi connectivity index (χ0) is 17.8. The first-order valence-electron chi connectivity index (χ1n) is 8.76. The number of rotatable bonds is 6. The van der Waals surface area contributed by atoms with Crippen LogP contribution in [0.15, 0.2) is 30.3 Å². The maximum absolute atomic E-state index is 12.6. The third-order valence-electron chi connectivity index (χ3n) is 4.33. The Morgan fingerprint density at radius 1 is 1.28 bits per heavy atom. The second-order valence-corrected chi connectivity index (χ2v) is 6.21. The van der Waals surface area contributed by atoms with Crippen LogP contribution in [0.3, 0.4) is 0 Å². The minimum Gasteiger partial charge on any atom is -0.448 e. The average molecular weight is 341 g/mol. The average Bonchev–Trinajstić information content (AvgIpc) is 3.22. The van der Waals surface area contributed by atoms with Gasteiger partial charge in [0.25, 0.3) is 5.91 Å². The van der Waals surface area contributed by atoms with Gasteiger partial charge in [-0.1, -0.05) is 25.1 Å². The van der Waals surface area contributed by atoms with Crippen LogP contribution in [0.5, 0.6) is 0 Å². The van der Waals surface area contributed by atoms with E-state index in [2.05, 4.69) is 10.4 Å². The molecule has 2 aromatic rings. The quantitative estimate of drug-likeness (QED) is 0.819. The maximum Gasteiger partial charge on any atom is 0.359 e. The summed E-state index contributed by atoms with van der Waals surface area (Å²) in [5.41, 5.74) is 3.25. The summed E-state index contributed by atoms with van der Waals surface area (Å²) in [7, 11) is 0. The van der Waals surface area contributed by atoms with E-state index in [0.29, 0.717) is 12.2 Å². The van der Waals surface area contributed by atoms with Gasteiger partial charge in [-0.3, -0.25) is 4.79 Å². The van der Waals surface area contributed by atoms with Gasteiger partial charge in [0, 0.05) is 17.8 Å². The second kappa shape index (κ2) is 7.51. The SMILES string of the molecule is CCCNC(=O)[C@H](C)OC(=O)c1nn(-c2ccccc2)c2c1CCC2. The standard InChI is InChI=1S/C19H23N3O3/c1-3-12-20-18(23)13(2)25-19(24)17-15-10-7-11-16(15)22(21-17)14-8-5-4-6-9-14/h4-6,8-9,13H,3,7,10-12H2,1-2H3,(H,20,23)/t13-/m0/s1. The van der Waals surface area contributed by atoms with E-state index >= 15 is 0 Å². The monoisotopic (exact) mass is 341 g/mol. The van der Waals surface area contributed by atoms with Crippen LogP contribution in [0.4, 0.5) is 0 Å². The van der Waals surface area contributed by atoms with Crippen molar-refractivity contribution in [2.75, 3.05) is 6.54 Å². The topological polar surface area (TPSA) is 73.2 Å². The molecule has 1 atom stereocenters. The van der Waals surface area contributed by atoms with Crippen molar-refractivity contribution < 1.29 is 14.3 Å². The molecule has 0 unspecified atom stereocenters. The highest BCUT2D eigenvalue weighted by Crippen LogP contribution is 2.28. The summed E-state index contributed by atoms with van der Waals surface area (Å²) >= 11 is 0. The summed E-state index contributed by atoms with van der Waals surface area (Å²) in [5.74, 6) is -0.818. The first-order valence-corrected chi connectivity index (χ1v) is 8.76. The van der Waals surface area contributed by atoms with E-state index in [9.17, 15) is 9.59 Å². The smallest absolute Gasteiger partial charge is 0.359 e. The molecule has 0 saturated carbocycles. The predicted molar refractivity (Wildman–Crippen MR) is 93.8 cm³/mol. The summed E-state index contributed by atoms with van der Waals surface area (Å²) in [6.45, 7) is 4.12. The number of hydrogen-bond acceptors (Lipinski definition) is 4. The molecule has 132 valence electrons. The Morgan fingerprint density at radius 3 is 2.76 bits per heavy atom. The van der Waals surface area contributed by atoms with Gasteiger partial charge in [0.15, 0.2) is 11.8 Å². The first-order chi connectivity index (χ1) is 12.1. The van der Waals surface area contributed by atoms with Crippen LogP contribution in [-0.2, 0) is 22.4 Å². The summed E-state index contributed by atoms with van der Waals surface area (Å²) < 4.78 is 7.16. The zero-order valence-electron chi connectivity index (χ0n) is 14.6. The Labute approximate surface area is 147 Å². The first kappa shape index (κ1) is 17.2. The molecule has 0 radical (unpaired) electrons. The van der Waals surface area contributed by atoms with Gasteiger partial charge < -0.3 is 10.1 Å². The molecule has 1 heterocycles. The van der Waals surface area contributed by atoms with Crippen molar-refractivity contribution in [1.82, 2.24) is 15.1 Å². The van der Waals surface area contributed by atoms with Gasteiger partial charge in [0.2, 0.25) is 0 Å². The summed E-state index contributed by atoms with van der Waals surface area (Å²) in [6.07, 6.45) is 2.69. The number of aromatic nitrogens is 2. The molecule has 3 rings (SSSR count). The number of carbonyl (C=O) groups is 2. The van der Waals surface area contributed by atoms with Crippen molar-refractivity contribution in [3.05, 3.63) is 47.3 Å². The largest absolute Gasteiger partial charge is 0.448 e. The molecule has 6 nitrogen and oxygen atoms in total. The number of carbonyl (C=O) groups excluding carboxylic acids is 2. The Morgan fingerprint density at radius 2 is 2.04 bits per heavy atom. The van der Waals surface area contributed by atoms with E-state index in [1.165, 1.54) is 0 Å². The molecule has 0 bridgehead atoms. The van der Waals surface area contributed by atoms with Crippen molar-refractivity contribution in [2.24, 2.45) is 0 Å². The lowest BCUT2D eigenvalue weighted by Gasteiger charge is -2.12. The number of para-hydroxylation sites is 1. The molecule has 0 aliphatic heterocycles. The van der Waals surface area contributed by atoms with E-state index in [0.717, 1.165) is 42.6 Å². The van der Waals surface area contributed by atoms with E-state index in [4.69, 9.17) is 4.74 Å². The Balaban J connectivity index is 1.81. The molecule has 0 fully saturated rings. The summed E-state index contributed by atoms with van der Waals surface area (Å²) in [5, 5.41) is 7.22. The Bertz CT molecular complexity index is 768. The normalized spacial score (nSPS) is 14.0. The highest BCUT2D eigenvalue weighted by Gasteiger charge is 2.29. The molecule has 25 heavy (non-hydrogen) atoms. The number of benzene rings is 1. The highest BCUT2D eigenvalue weighted by molar-refractivity contribution is 5.92. The van der Waals surface area contributed by atoms with Crippen LogP contribution in [-0.4, -0.2) is 34.3 Å². The molecule has 1 aliphatic carbocycles. The number of hydrogen-bond donors (Lipinski definition) is 1. The van der Waals surface area contributed by atoms with Crippen LogP contribution in [0, 0.1) is 0 Å². The Kier molecular flexibility index (Phi) is 5.16. The molecular weight excluding hydrogens is 318 g/mol. The van der Waals surface area contributed by atoms with Gasteiger partial charge in [0.05, 0.1) is 5.69 Å². The van der Waals surface area contributed by atoms with E-state index < -0.39 is 12.1 Å². The van der Waals surface area contributed by atoms with Gasteiger partial charge in [-0.15, -0.1) is 0 Å². The van der Waals surface area contributed by atoms with Crippen LogP contribution in [0.25, 0.3) is 5.69 Å². The fourth-order valence-corrected chi connectivity index (χ4v) is 3.05. The molecule has 0 spiro atoms. The third-order valence-corrected chi connectivity index (χ3v) is 4.33. The van der Waals surface area contributed by atoms with Crippen molar-refractivity contribution in [3.8, 4) is 5.69 Å². The van der Waals surface area contributed by atoms with Crippen LogP contribution in [0.2, 0.25) is 0 Å². The van der Waals surface area contributed by atoms with Gasteiger partial charge in [0.1, 0.15) is 0 Å².